The SMILES string of the molecule is CCN(CC)C(C)Oc1ccc(C(=C2CCCc3ccccc32)c2ccccc2)cc1. The number of rotatable bonds is 7. The Bertz CT molecular complexity index is 1020. The van der Waals surface area contributed by atoms with Gasteiger partial charge >= 0.3 is 0 Å². The van der Waals surface area contributed by atoms with E-state index in [-0.39, 0.29) is 6.23 Å². The van der Waals surface area contributed by atoms with Crippen molar-refractivity contribution >= 4 is 11.1 Å². The minimum absolute atomic E-state index is 0.0676. The van der Waals surface area contributed by atoms with Gasteiger partial charge in [-0.25, -0.2) is 0 Å². The molecule has 160 valence electrons. The molecule has 1 atom stereocenters. The summed E-state index contributed by atoms with van der Waals surface area (Å²) in [6, 6.07) is 28.4. The van der Waals surface area contributed by atoms with E-state index in [0.29, 0.717) is 0 Å². The molecular formula is C29H33NO. The molecule has 3 aromatic rings. The summed E-state index contributed by atoms with van der Waals surface area (Å²) in [6.07, 6.45) is 3.54. The Morgan fingerprint density at radius 1 is 0.806 bits per heavy atom. The largest absolute Gasteiger partial charge is 0.475 e. The van der Waals surface area contributed by atoms with E-state index in [1.54, 1.807) is 0 Å². The number of aryl methyl sites for hydroxylation is 1. The van der Waals surface area contributed by atoms with E-state index in [1.165, 1.54) is 39.8 Å². The fourth-order valence-electron chi connectivity index (χ4n) is 4.71. The highest BCUT2D eigenvalue weighted by molar-refractivity contribution is 5.99. The van der Waals surface area contributed by atoms with E-state index in [4.69, 9.17) is 4.74 Å². The number of fused-ring (bicyclic) bond motifs is 1. The van der Waals surface area contributed by atoms with Crippen LogP contribution in [0, 0.1) is 0 Å². The van der Waals surface area contributed by atoms with Crippen LogP contribution in [0.15, 0.2) is 78.9 Å². The van der Waals surface area contributed by atoms with Crippen LogP contribution in [0.5, 0.6) is 5.75 Å². The van der Waals surface area contributed by atoms with Crippen LogP contribution in [-0.4, -0.2) is 24.2 Å². The van der Waals surface area contributed by atoms with Crippen molar-refractivity contribution in [1.29, 1.82) is 0 Å². The Kier molecular flexibility index (Phi) is 6.89. The fraction of sp³-hybridized carbons (Fsp3) is 0.310. The predicted molar refractivity (Wildman–Crippen MR) is 131 cm³/mol. The second-order valence-corrected chi connectivity index (χ2v) is 8.19. The number of hydrogen-bond acceptors (Lipinski definition) is 2. The molecule has 1 unspecified atom stereocenters. The van der Waals surface area contributed by atoms with Crippen LogP contribution in [-0.2, 0) is 6.42 Å². The van der Waals surface area contributed by atoms with Gasteiger partial charge in [0, 0.05) is 0 Å². The normalized spacial score (nSPS) is 16.0. The number of ether oxygens (including phenoxy) is 1. The number of allylic oxidation sites excluding steroid dienone is 1. The lowest BCUT2D eigenvalue weighted by atomic mass is 9.81. The summed E-state index contributed by atoms with van der Waals surface area (Å²) < 4.78 is 6.21. The lowest BCUT2D eigenvalue weighted by molar-refractivity contribution is 0.0481. The third-order valence-electron chi connectivity index (χ3n) is 6.36. The van der Waals surface area contributed by atoms with E-state index in [9.17, 15) is 0 Å². The summed E-state index contributed by atoms with van der Waals surface area (Å²) in [4.78, 5) is 2.31. The van der Waals surface area contributed by atoms with E-state index >= 15 is 0 Å². The zero-order chi connectivity index (χ0) is 21.6. The zero-order valence-corrected chi connectivity index (χ0v) is 19.0. The first-order valence-electron chi connectivity index (χ1n) is 11.6. The minimum Gasteiger partial charge on any atom is -0.475 e. The van der Waals surface area contributed by atoms with E-state index < -0.39 is 0 Å². The molecule has 0 aromatic heterocycles. The summed E-state index contributed by atoms with van der Waals surface area (Å²) in [5, 5.41) is 0. The van der Waals surface area contributed by atoms with Crippen LogP contribution < -0.4 is 4.74 Å². The highest BCUT2D eigenvalue weighted by atomic mass is 16.5. The van der Waals surface area contributed by atoms with Crippen molar-refractivity contribution in [2.24, 2.45) is 0 Å². The molecule has 0 radical (unpaired) electrons. The maximum atomic E-state index is 6.21. The molecular weight excluding hydrogens is 378 g/mol. The lowest BCUT2D eigenvalue weighted by Crippen LogP contribution is -2.36. The average molecular weight is 412 g/mol. The molecule has 4 rings (SSSR count). The van der Waals surface area contributed by atoms with Gasteiger partial charge in [0.25, 0.3) is 0 Å². The second-order valence-electron chi connectivity index (χ2n) is 8.19. The van der Waals surface area contributed by atoms with E-state index in [2.05, 4.69) is 105 Å². The predicted octanol–water partition coefficient (Wildman–Crippen LogP) is 7.05. The van der Waals surface area contributed by atoms with E-state index in [1.807, 2.05) is 0 Å². The fourth-order valence-corrected chi connectivity index (χ4v) is 4.71. The van der Waals surface area contributed by atoms with Crippen molar-refractivity contribution in [1.82, 2.24) is 4.90 Å². The summed E-state index contributed by atoms with van der Waals surface area (Å²) in [5.74, 6) is 0.921. The Morgan fingerprint density at radius 2 is 1.45 bits per heavy atom. The van der Waals surface area contributed by atoms with Gasteiger partial charge in [0.2, 0.25) is 0 Å². The Balaban J connectivity index is 1.73. The van der Waals surface area contributed by atoms with Crippen molar-refractivity contribution < 1.29 is 4.74 Å². The molecule has 2 nitrogen and oxygen atoms in total. The third kappa shape index (κ3) is 4.75. The molecule has 31 heavy (non-hydrogen) atoms. The Morgan fingerprint density at radius 3 is 2.16 bits per heavy atom. The molecule has 0 saturated carbocycles. The van der Waals surface area contributed by atoms with Crippen LogP contribution in [0.1, 0.15) is 55.9 Å². The summed E-state index contributed by atoms with van der Waals surface area (Å²) >= 11 is 0. The Hall–Kier alpha value is -2.84. The molecule has 0 heterocycles. The van der Waals surface area contributed by atoms with Crippen molar-refractivity contribution in [2.75, 3.05) is 13.1 Å². The average Bonchev–Trinajstić information content (AvgIpc) is 2.82. The minimum atomic E-state index is 0.0676. The maximum Gasteiger partial charge on any atom is 0.149 e. The molecule has 2 heteroatoms. The zero-order valence-electron chi connectivity index (χ0n) is 19.0. The van der Waals surface area contributed by atoms with Crippen molar-refractivity contribution in [2.45, 2.75) is 46.3 Å². The topological polar surface area (TPSA) is 12.5 Å². The molecule has 0 amide bonds. The smallest absolute Gasteiger partial charge is 0.149 e. The Labute approximate surface area is 187 Å². The quantitative estimate of drug-likeness (QED) is 0.386. The number of nitrogens with zero attached hydrogens (tertiary/aromatic N) is 1. The highest BCUT2D eigenvalue weighted by Crippen LogP contribution is 2.40. The third-order valence-corrected chi connectivity index (χ3v) is 6.36. The molecule has 0 fully saturated rings. The first kappa shape index (κ1) is 21.4. The molecule has 0 aliphatic heterocycles. The van der Waals surface area contributed by atoms with Gasteiger partial charge in [-0.2, -0.15) is 0 Å². The van der Waals surface area contributed by atoms with Crippen LogP contribution in [0.25, 0.3) is 11.1 Å². The van der Waals surface area contributed by atoms with Crippen LogP contribution in [0.4, 0.5) is 0 Å². The van der Waals surface area contributed by atoms with Gasteiger partial charge in [0.05, 0.1) is 0 Å². The molecule has 0 bridgehead atoms. The second kappa shape index (κ2) is 9.98. The molecule has 0 N–H and O–H groups in total. The first-order chi connectivity index (χ1) is 15.2. The van der Waals surface area contributed by atoms with Crippen LogP contribution in [0.3, 0.4) is 0 Å². The van der Waals surface area contributed by atoms with Gasteiger partial charge in [-0.1, -0.05) is 80.6 Å². The first-order valence-corrected chi connectivity index (χ1v) is 11.6. The molecule has 1 aliphatic carbocycles. The lowest BCUT2D eigenvalue weighted by Gasteiger charge is -2.27. The maximum absolute atomic E-state index is 6.21. The molecule has 0 saturated heterocycles. The van der Waals surface area contributed by atoms with Gasteiger partial charge in [-0.15, -0.1) is 0 Å². The van der Waals surface area contributed by atoms with Gasteiger partial charge < -0.3 is 4.74 Å². The summed E-state index contributed by atoms with van der Waals surface area (Å²) in [7, 11) is 0. The number of benzene rings is 3. The van der Waals surface area contributed by atoms with Gasteiger partial charge in [-0.05, 0) is 84.8 Å². The van der Waals surface area contributed by atoms with E-state index in [0.717, 1.165) is 31.7 Å². The van der Waals surface area contributed by atoms with Crippen molar-refractivity contribution in [3.63, 3.8) is 0 Å². The standard InChI is InChI=1S/C29H33NO/c1-4-30(5-2)22(3)31-26-20-18-25(19-21-26)29(24-13-7-6-8-14-24)28-17-11-15-23-12-9-10-16-27(23)28/h6-10,12-14,16,18-22H,4-5,11,15,17H2,1-3H3. The van der Waals surface area contributed by atoms with Crippen LogP contribution >= 0.6 is 0 Å². The number of hydrogen-bond donors (Lipinski definition) is 0. The molecule has 0 spiro atoms. The molecule has 1 aliphatic rings. The summed E-state index contributed by atoms with van der Waals surface area (Å²) in [6.45, 7) is 8.44. The van der Waals surface area contributed by atoms with Crippen molar-refractivity contribution in [3.05, 3.63) is 101 Å². The summed E-state index contributed by atoms with van der Waals surface area (Å²) in [5.41, 5.74) is 8.20. The van der Waals surface area contributed by atoms with Gasteiger partial charge in [-0.3, -0.25) is 4.90 Å². The van der Waals surface area contributed by atoms with Gasteiger partial charge in [0.1, 0.15) is 12.0 Å². The van der Waals surface area contributed by atoms with Gasteiger partial charge in [0.15, 0.2) is 0 Å². The van der Waals surface area contributed by atoms with Crippen LogP contribution in [0.2, 0.25) is 0 Å². The highest BCUT2D eigenvalue weighted by Gasteiger charge is 2.20. The molecule has 3 aromatic carbocycles. The van der Waals surface area contributed by atoms with Crippen molar-refractivity contribution in [3.8, 4) is 5.75 Å². The monoisotopic (exact) mass is 411 g/mol.